The van der Waals surface area contributed by atoms with Crippen LogP contribution in [0, 0.1) is 11.3 Å². The van der Waals surface area contributed by atoms with Crippen LogP contribution >= 0.6 is 11.6 Å². The summed E-state index contributed by atoms with van der Waals surface area (Å²) in [5.41, 5.74) is 2.40. The van der Waals surface area contributed by atoms with Crippen LogP contribution in [0.5, 0.6) is 11.5 Å². The summed E-state index contributed by atoms with van der Waals surface area (Å²) >= 11 is 6.45. The number of fused-ring (bicyclic) bond motifs is 1. The Morgan fingerprint density at radius 2 is 1.97 bits per heavy atom. The Labute approximate surface area is 197 Å². The van der Waals surface area contributed by atoms with Crippen molar-refractivity contribution < 1.29 is 9.47 Å². The molecule has 0 fully saturated rings. The maximum Gasteiger partial charge on any atom is 0.141 e. The fraction of sp³-hybridized carbons (Fsp3) is 0.200. The molecule has 168 valence electrons. The van der Waals surface area contributed by atoms with Gasteiger partial charge in [0.25, 0.3) is 0 Å². The maximum atomic E-state index is 7.22. The quantitative estimate of drug-likeness (QED) is 0.279. The topological polar surface area (TPSA) is 93.0 Å². The monoisotopic (exact) mass is 461 g/mol. The van der Waals surface area contributed by atoms with Crippen molar-refractivity contribution in [3.05, 3.63) is 77.8 Å². The van der Waals surface area contributed by atoms with Gasteiger partial charge in [0.05, 0.1) is 22.8 Å². The standard InChI is InChI=1S/C25H24ClN5O2/c1-17(9-10-27)14-32-20-6-7-23-21(13-20)25(30-16-29-23)31-18-5-8-24(22(26)12-18)33-15-19-4-2-3-11-28-19/h2-8,10-13,16-17,27H,9,14-15H2,1H3,(H,29,30,31). The summed E-state index contributed by atoms with van der Waals surface area (Å²) in [5.74, 6) is 2.23. The lowest BCUT2D eigenvalue weighted by Gasteiger charge is -2.13. The lowest BCUT2D eigenvalue weighted by molar-refractivity contribution is 0.265. The summed E-state index contributed by atoms with van der Waals surface area (Å²) in [4.78, 5) is 13.0. The third-order valence-electron chi connectivity index (χ3n) is 4.96. The molecule has 0 radical (unpaired) electrons. The molecule has 0 aliphatic heterocycles. The number of benzene rings is 2. The van der Waals surface area contributed by atoms with Crippen LogP contribution in [-0.4, -0.2) is 27.8 Å². The van der Waals surface area contributed by atoms with Crippen LogP contribution in [0.1, 0.15) is 19.0 Å². The second-order valence-electron chi connectivity index (χ2n) is 7.64. The molecule has 2 aromatic carbocycles. The van der Waals surface area contributed by atoms with Crippen molar-refractivity contribution in [2.24, 2.45) is 5.92 Å². The number of hydrogen-bond donors (Lipinski definition) is 2. The van der Waals surface area contributed by atoms with Gasteiger partial charge in [-0.3, -0.25) is 4.98 Å². The normalized spacial score (nSPS) is 11.7. The highest BCUT2D eigenvalue weighted by Gasteiger charge is 2.10. The molecule has 0 aliphatic rings. The number of ether oxygens (including phenoxy) is 2. The number of rotatable bonds is 10. The molecule has 0 amide bonds. The van der Waals surface area contributed by atoms with Crippen molar-refractivity contribution in [3.63, 3.8) is 0 Å². The zero-order valence-electron chi connectivity index (χ0n) is 18.2. The minimum Gasteiger partial charge on any atom is -0.493 e. The van der Waals surface area contributed by atoms with Crippen LogP contribution in [0.4, 0.5) is 11.5 Å². The highest BCUT2D eigenvalue weighted by atomic mass is 35.5. The number of anilines is 2. The molecule has 1 atom stereocenters. The minimum atomic E-state index is 0.267. The number of aromatic nitrogens is 3. The molecule has 2 aromatic heterocycles. The summed E-state index contributed by atoms with van der Waals surface area (Å²) in [6.45, 7) is 2.92. The predicted molar refractivity (Wildman–Crippen MR) is 131 cm³/mol. The van der Waals surface area contributed by atoms with Gasteiger partial charge in [-0.2, -0.15) is 0 Å². The SMILES string of the molecule is CC(CC=N)COc1ccc2ncnc(Nc3ccc(OCc4ccccn4)c(Cl)c3)c2c1. The highest BCUT2D eigenvalue weighted by molar-refractivity contribution is 6.32. The summed E-state index contributed by atoms with van der Waals surface area (Å²) in [7, 11) is 0. The first kappa shape index (κ1) is 22.5. The number of hydrogen-bond acceptors (Lipinski definition) is 7. The first-order valence-corrected chi connectivity index (χ1v) is 11.0. The van der Waals surface area contributed by atoms with Gasteiger partial charge in [0.2, 0.25) is 0 Å². The summed E-state index contributed by atoms with van der Waals surface area (Å²) < 4.78 is 11.7. The lowest BCUT2D eigenvalue weighted by atomic mass is 10.1. The molecule has 8 heteroatoms. The van der Waals surface area contributed by atoms with E-state index in [1.807, 2.05) is 48.5 Å². The summed E-state index contributed by atoms with van der Waals surface area (Å²) in [6.07, 6.45) is 5.34. The van der Waals surface area contributed by atoms with Crippen LogP contribution in [0.3, 0.4) is 0 Å². The van der Waals surface area contributed by atoms with Gasteiger partial charge in [-0.25, -0.2) is 9.97 Å². The van der Waals surface area contributed by atoms with E-state index in [0.717, 1.165) is 28.0 Å². The second kappa shape index (κ2) is 10.7. The number of halogens is 1. The molecule has 4 rings (SSSR count). The van der Waals surface area contributed by atoms with E-state index in [-0.39, 0.29) is 5.92 Å². The van der Waals surface area contributed by atoms with Gasteiger partial charge in [0.1, 0.15) is 30.3 Å². The zero-order chi connectivity index (χ0) is 23.0. The number of nitrogens with zero attached hydrogens (tertiary/aromatic N) is 3. The van der Waals surface area contributed by atoms with Crippen LogP contribution in [0.25, 0.3) is 10.9 Å². The van der Waals surface area contributed by atoms with Gasteiger partial charge in [0.15, 0.2) is 0 Å². The van der Waals surface area contributed by atoms with Crippen molar-refractivity contribution >= 4 is 40.2 Å². The first-order chi connectivity index (χ1) is 16.1. The molecule has 33 heavy (non-hydrogen) atoms. The van der Waals surface area contributed by atoms with Crippen LogP contribution in [-0.2, 0) is 6.61 Å². The second-order valence-corrected chi connectivity index (χ2v) is 8.04. The minimum absolute atomic E-state index is 0.267. The average Bonchev–Trinajstić information content (AvgIpc) is 2.83. The van der Waals surface area contributed by atoms with Crippen molar-refractivity contribution in [1.82, 2.24) is 15.0 Å². The van der Waals surface area contributed by atoms with Crippen LogP contribution < -0.4 is 14.8 Å². The zero-order valence-corrected chi connectivity index (χ0v) is 18.9. The molecule has 0 saturated carbocycles. The lowest BCUT2D eigenvalue weighted by Crippen LogP contribution is -2.08. The number of pyridine rings is 1. The van der Waals surface area contributed by atoms with Crippen molar-refractivity contribution in [3.8, 4) is 11.5 Å². The van der Waals surface area contributed by atoms with E-state index in [4.69, 9.17) is 26.5 Å². The molecule has 1 unspecified atom stereocenters. The Kier molecular flexibility index (Phi) is 7.32. The summed E-state index contributed by atoms with van der Waals surface area (Å²) in [5, 5.41) is 11.9. The van der Waals surface area contributed by atoms with Gasteiger partial charge < -0.3 is 20.2 Å². The maximum absolute atomic E-state index is 7.22. The largest absolute Gasteiger partial charge is 0.493 e. The summed E-state index contributed by atoms with van der Waals surface area (Å²) in [6, 6.07) is 16.9. The molecule has 0 bridgehead atoms. The third kappa shape index (κ3) is 5.96. The smallest absolute Gasteiger partial charge is 0.141 e. The van der Waals surface area contributed by atoms with Crippen molar-refractivity contribution in [1.29, 1.82) is 5.41 Å². The van der Waals surface area contributed by atoms with E-state index in [2.05, 4.69) is 27.2 Å². The van der Waals surface area contributed by atoms with E-state index in [9.17, 15) is 0 Å². The van der Waals surface area contributed by atoms with Gasteiger partial charge >= 0.3 is 0 Å². The molecular formula is C25H24ClN5O2. The number of nitrogens with one attached hydrogen (secondary N) is 2. The fourth-order valence-electron chi connectivity index (χ4n) is 3.20. The molecule has 0 spiro atoms. The Balaban J connectivity index is 1.49. The molecule has 2 N–H and O–H groups in total. The molecule has 0 aliphatic carbocycles. The molecule has 7 nitrogen and oxygen atoms in total. The predicted octanol–water partition coefficient (Wildman–Crippen LogP) is 6.06. The van der Waals surface area contributed by atoms with Crippen molar-refractivity contribution in [2.45, 2.75) is 20.0 Å². The van der Waals surface area contributed by atoms with E-state index in [1.165, 1.54) is 12.5 Å². The van der Waals surface area contributed by atoms with E-state index in [1.54, 1.807) is 12.3 Å². The molecule has 2 heterocycles. The van der Waals surface area contributed by atoms with E-state index < -0.39 is 0 Å². The first-order valence-electron chi connectivity index (χ1n) is 10.6. The Morgan fingerprint density at radius 1 is 1.06 bits per heavy atom. The molecule has 4 aromatic rings. The van der Waals surface area contributed by atoms with Gasteiger partial charge in [0, 0.05) is 17.3 Å². The Bertz CT molecular complexity index is 1240. The highest BCUT2D eigenvalue weighted by Crippen LogP contribution is 2.31. The third-order valence-corrected chi connectivity index (χ3v) is 5.25. The Morgan fingerprint density at radius 3 is 2.76 bits per heavy atom. The van der Waals surface area contributed by atoms with Gasteiger partial charge in [-0.05, 0) is 67.1 Å². The van der Waals surface area contributed by atoms with Crippen LogP contribution in [0.2, 0.25) is 5.02 Å². The van der Waals surface area contributed by atoms with Crippen LogP contribution in [0.15, 0.2) is 67.1 Å². The Hall–Kier alpha value is -3.71. The van der Waals surface area contributed by atoms with Crippen molar-refractivity contribution in [2.75, 3.05) is 11.9 Å². The average molecular weight is 462 g/mol. The molecular weight excluding hydrogens is 438 g/mol. The van der Waals surface area contributed by atoms with Gasteiger partial charge in [-0.15, -0.1) is 0 Å². The van der Waals surface area contributed by atoms with E-state index in [0.29, 0.717) is 36.2 Å². The fourth-order valence-corrected chi connectivity index (χ4v) is 3.44. The molecule has 0 saturated heterocycles. The van der Waals surface area contributed by atoms with E-state index >= 15 is 0 Å². The van der Waals surface area contributed by atoms with Gasteiger partial charge in [-0.1, -0.05) is 24.6 Å².